The lowest BCUT2D eigenvalue weighted by atomic mass is 9.43. The van der Waals surface area contributed by atoms with E-state index in [0.717, 1.165) is 43.2 Å². The van der Waals surface area contributed by atoms with Crippen LogP contribution in [-0.2, 0) is 44.5 Å². The summed E-state index contributed by atoms with van der Waals surface area (Å²) < 4.78 is 12.7. The predicted molar refractivity (Wildman–Crippen MR) is 251 cm³/mol. The Kier molecular flexibility index (Phi) is 18.3. The number of aliphatic hydroxyl groups excluding tert-OH is 2. The second-order valence-corrected chi connectivity index (χ2v) is 19.0. The monoisotopic (exact) mass is 949 g/mol. The number of primary amides is 1. The highest BCUT2D eigenvalue weighted by Gasteiger charge is 2.68. The Labute approximate surface area is 397 Å². The lowest BCUT2D eigenvalue weighted by Crippen LogP contribution is -2.65. The molecule has 2 aromatic carbocycles. The number of amides is 7. The van der Waals surface area contributed by atoms with Crippen molar-refractivity contribution in [3.05, 3.63) is 59.7 Å². The summed E-state index contributed by atoms with van der Waals surface area (Å²) in [5, 5.41) is 37.4. The minimum Gasteiger partial charge on any atom is -0.404 e. The molecule has 68 heavy (non-hydrogen) atoms. The topological polar surface area (TPSA) is 341 Å². The summed E-state index contributed by atoms with van der Waals surface area (Å²) in [5.41, 5.74) is 20.3. The number of unbranched alkanes of at least 4 members (excludes halogenated alkanes) is 1. The zero-order chi connectivity index (χ0) is 50.1. The van der Waals surface area contributed by atoms with Crippen molar-refractivity contribution in [1.82, 2.24) is 37.2 Å². The average Bonchev–Trinajstić information content (AvgIpc) is 3.66. The molecule has 2 bridgehead atoms. The summed E-state index contributed by atoms with van der Waals surface area (Å²) in [5.74, 6) is -5.91. The van der Waals surface area contributed by atoms with Crippen LogP contribution in [0.4, 0.5) is 0 Å². The summed E-state index contributed by atoms with van der Waals surface area (Å²) in [6.07, 6.45) is -0.0433. The molecule has 3 saturated carbocycles. The van der Waals surface area contributed by atoms with Crippen molar-refractivity contribution in [2.24, 2.45) is 34.5 Å². The molecule has 21 nitrogen and oxygen atoms in total. The van der Waals surface area contributed by atoms with Crippen LogP contribution < -0.4 is 54.4 Å². The molecule has 372 valence electrons. The van der Waals surface area contributed by atoms with E-state index in [9.17, 15) is 43.8 Å². The zero-order valence-electron chi connectivity index (χ0n) is 39.6. The highest BCUT2D eigenvalue weighted by atomic mass is 16.7. The molecule has 2 unspecified atom stereocenters. The molecule has 15 N–H and O–H groups in total. The number of aryl methyl sites for hydroxylation is 1. The van der Waals surface area contributed by atoms with Gasteiger partial charge in [0.2, 0.25) is 29.5 Å². The molecule has 4 fully saturated rings. The molecule has 7 amide bonds. The van der Waals surface area contributed by atoms with Crippen LogP contribution in [-0.4, -0.2) is 133 Å². The summed E-state index contributed by atoms with van der Waals surface area (Å²) in [7, 11) is -0.790. The summed E-state index contributed by atoms with van der Waals surface area (Å²) in [4.78, 5) is 90.2. The molecule has 1 heterocycles. The van der Waals surface area contributed by atoms with E-state index >= 15 is 0 Å². The van der Waals surface area contributed by atoms with Gasteiger partial charge in [-0.3, -0.25) is 33.6 Å². The molecule has 22 heteroatoms. The quantitative estimate of drug-likeness (QED) is 0.0408. The standard InChI is InChI=1S/C46H69BN10O11/c1-7-8-9-26-10-12-27(13-11-26)28-14-16-29(17-15-28)40(62)54-32(23-58)42(64)55-35(48)21-51-22-37(61)56-38(24(2)59)43(65)57-39(50)44(66)53-31(20-36(49)60)41(63)52-25(3)47-67-34-19-30-18-33(45(30,4)5)46(34,6)68-47/h10-17,24-25,30-35,38-39,51,58-59H,7-9,18-23,48,50H2,1-6H3,(H2,49,60)(H,52,63)(H,53,66)(H,54,62)(H,55,64)(H,56,61)(H,57,65)/t24?,25-,30-,31?,32+,33-,34+,35-,38-,39+,46-/m0/s1. The number of carbonyl (C=O) groups excluding carboxylic acids is 7. The Balaban J connectivity index is 1.03. The van der Waals surface area contributed by atoms with E-state index in [-0.39, 0.29) is 29.5 Å². The first-order valence-electron chi connectivity index (χ1n) is 23.2. The third-order valence-electron chi connectivity index (χ3n) is 13.5. The lowest BCUT2D eigenvalue weighted by Gasteiger charge is -2.64. The van der Waals surface area contributed by atoms with Crippen LogP contribution in [0.5, 0.6) is 0 Å². The van der Waals surface area contributed by atoms with Crippen molar-refractivity contribution in [2.75, 3.05) is 19.7 Å². The number of hydrogen-bond donors (Lipinski definition) is 12. The van der Waals surface area contributed by atoms with Crippen LogP contribution in [0.2, 0.25) is 0 Å². The molecule has 4 aliphatic rings. The van der Waals surface area contributed by atoms with Crippen molar-refractivity contribution in [1.29, 1.82) is 0 Å². The lowest BCUT2D eigenvalue weighted by molar-refractivity contribution is -0.199. The molecule has 0 radical (unpaired) electrons. The third-order valence-corrected chi connectivity index (χ3v) is 13.5. The Morgan fingerprint density at radius 3 is 2.03 bits per heavy atom. The van der Waals surface area contributed by atoms with Crippen LogP contribution in [0.15, 0.2) is 48.5 Å². The van der Waals surface area contributed by atoms with Crippen LogP contribution in [0.1, 0.15) is 89.6 Å². The molecule has 0 spiro atoms. The predicted octanol–water partition coefficient (Wildman–Crippen LogP) is -1.82. The van der Waals surface area contributed by atoms with Crippen molar-refractivity contribution in [3.8, 4) is 11.1 Å². The van der Waals surface area contributed by atoms with E-state index in [4.69, 9.17) is 26.5 Å². The maximum absolute atomic E-state index is 13.4. The van der Waals surface area contributed by atoms with Crippen LogP contribution in [0.3, 0.4) is 0 Å². The van der Waals surface area contributed by atoms with Gasteiger partial charge in [-0.05, 0) is 92.5 Å². The van der Waals surface area contributed by atoms with E-state index in [0.29, 0.717) is 5.92 Å². The Morgan fingerprint density at radius 1 is 0.809 bits per heavy atom. The first-order chi connectivity index (χ1) is 32.1. The van der Waals surface area contributed by atoms with Crippen LogP contribution in [0, 0.1) is 17.3 Å². The van der Waals surface area contributed by atoms with Crippen LogP contribution in [0.25, 0.3) is 11.1 Å². The average molecular weight is 949 g/mol. The second-order valence-electron chi connectivity index (χ2n) is 19.0. The molecule has 6 rings (SSSR count). The number of benzene rings is 2. The van der Waals surface area contributed by atoms with Gasteiger partial charge in [0.15, 0.2) is 6.17 Å². The first kappa shape index (κ1) is 53.5. The van der Waals surface area contributed by atoms with E-state index < -0.39 is 116 Å². The largest absolute Gasteiger partial charge is 0.481 e. The van der Waals surface area contributed by atoms with Crippen molar-refractivity contribution < 1.29 is 53.1 Å². The molecular weight excluding hydrogens is 879 g/mol. The number of nitrogens with two attached hydrogens (primary N) is 3. The zero-order valence-corrected chi connectivity index (χ0v) is 39.6. The van der Waals surface area contributed by atoms with E-state index in [1.165, 1.54) is 12.5 Å². The SMILES string of the molecule is CCCCc1ccc(-c2ccc(C(=O)N[C@H](CO)C(=O)N[C@H](N)CNCC(=O)N[C@H](C(=O)N[C@@H](N)C(=O)NC(CC(N)=O)C(=O)N[C@@H](C)B3O[C@@H]4C[C@@H]5C[C@@H](C5(C)C)[C@]4(C)O3)C(C)O)cc2)cc1. The van der Waals surface area contributed by atoms with Gasteiger partial charge in [0.1, 0.15) is 18.1 Å². The highest BCUT2D eigenvalue weighted by molar-refractivity contribution is 6.47. The minimum absolute atomic E-state index is 0.102. The molecule has 0 aromatic heterocycles. The van der Waals surface area contributed by atoms with Gasteiger partial charge in [0.05, 0.1) is 49.5 Å². The second kappa shape index (κ2) is 23.2. The molecule has 1 saturated heterocycles. The Hall–Kier alpha value is -5.49. The number of carbonyl (C=O) groups is 7. The van der Waals surface area contributed by atoms with Gasteiger partial charge < -0.3 is 73.9 Å². The normalized spacial score (nSPS) is 23.1. The van der Waals surface area contributed by atoms with E-state index in [1.807, 2.05) is 19.1 Å². The van der Waals surface area contributed by atoms with Gasteiger partial charge >= 0.3 is 7.12 Å². The maximum atomic E-state index is 13.4. The van der Waals surface area contributed by atoms with Crippen molar-refractivity contribution >= 4 is 48.5 Å². The maximum Gasteiger partial charge on any atom is 0.481 e. The van der Waals surface area contributed by atoms with Crippen molar-refractivity contribution in [2.45, 2.75) is 134 Å². The molecule has 11 atom stereocenters. The van der Waals surface area contributed by atoms with Crippen LogP contribution >= 0.6 is 0 Å². The molecular formula is C46H69BN10O11. The minimum atomic E-state index is -1.81. The Morgan fingerprint density at radius 2 is 1.44 bits per heavy atom. The first-order valence-corrected chi connectivity index (χ1v) is 23.2. The van der Waals surface area contributed by atoms with E-state index in [1.54, 1.807) is 31.2 Å². The van der Waals surface area contributed by atoms with Gasteiger partial charge in [-0.2, -0.15) is 0 Å². The fourth-order valence-corrected chi connectivity index (χ4v) is 9.29. The number of rotatable bonds is 24. The fraction of sp³-hybridized carbons (Fsp3) is 0.587. The summed E-state index contributed by atoms with van der Waals surface area (Å²) in [6, 6.07) is 10.6. The Bertz CT molecular complexity index is 2130. The fourth-order valence-electron chi connectivity index (χ4n) is 9.29. The smallest absolute Gasteiger partial charge is 0.404 e. The van der Waals surface area contributed by atoms with Crippen molar-refractivity contribution in [3.63, 3.8) is 0 Å². The summed E-state index contributed by atoms with van der Waals surface area (Å²) >= 11 is 0. The van der Waals surface area contributed by atoms with Gasteiger partial charge in [-0.15, -0.1) is 0 Å². The highest BCUT2D eigenvalue weighted by Crippen LogP contribution is 2.65. The van der Waals surface area contributed by atoms with Gasteiger partial charge in [-0.25, -0.2) is 0 Å². The summed E-state index contributed by atoms with van der Waals surface area (Å²) in [6.45, 7) is 10.1. The number of nitrogens with one attached hydrogen (secondary N) is 7. The van der Waals surface area contributed by atoms with Gasteiger partial charge in [-0.1, -0.05) is 63.6 Å². The number of aliphatic hydroxyl groups is 2. The number of hydrogen-bond acceptors (Lipinski definition) is 14. The molecule has 3 aliphatic carbocycles. The van der Waals surface area contributed by atoms with Gasteiger partial charge in [0, 0.05) is 12.1 Å². The third kappa shape index (κ3) is 13.2. The van der Waals surface area contributed by atoms with Gasteiger partial charge in [0.25, 0.3) is 11.8 Å². The van der Waals surface area contributed by atoms with E-state index in [2.05, 4.69) is 70.1 Å². The molecule has 1 aliphatic heterocycles. The molecule has 2 aromatic rings.